The van der Waals surface area contributed by atoms with E-state index in [1.54, 1.807) is 24.3 Å². The van der Waals surface area contributed by atoms with Gasteiger partial charge in [0.1, 0.15) is 12.6 Å². The molecule has 3 amide bonds. The molecule has 6 rings (SSSR count). The van der Waals surface area contributed by atoms with Crippen LogP contribution in [0.4, 0.5) is 4.79 Å². The SMILES string of the molecule is C[N+](C)(CCCCN1C(=O)c2ccccc2C1=O)Cc1ccc(CN2CCC(OC(=O)NC(c3ccccc3)c3ccccc3)CC2)cc1. The number of fused-ring (bicyclic) bond motifs is 1. The summed E-state index contributed by atoms with van der Waals surface area (Å²) in [5.74, 6) is -0.349. The van der Waals surface area contributed by atoms with Gasteiger partial charge in [0.25, 0.3) is 11.8 Å². The number of amides is 3. The van der Waals surface area contributed by atoms with Gasteiger partial charge in [0.05, 0.1) is 37.8 Å². The topological polar surface area (TPSA) is 79.0 Å². The zero-order valence-electron chi connectivity index (χ0n) is 28.6. The standard InChI is InChI=1S/C41H46N4O4/c1-45(2,28-12-11-25-44-39(46)36-17-9-10-18-37(36)40(44)47)30-32-21-19-31(20-22-32)29-43-26-23-35(24-27-43)49-41(48)42-38(33-13-5-3-6-14-33)34-15-7-4-8-16-34/h3-10,13-22,35,38H,11-12,23-30H2,1-2H3/p+1. The van der Waals surface area contributed by atoms with Crippen molar-refractivity contribution >= 4 is 17.9 Å². The third kappa shape index (κ3) is 8.82. The van der Waals surface area contributed by atoms with Crippen LogP contribution in [0.3, 0.4) is 0 Å². The molecule has 0 bridgehead atoms. The van der Waals surface area contributed by atoms with Crippen LogP contribution in [0.1, 0.15) is 74.7 Å². The van der Waals surface area contributed by atoms with Crippen LogP contribution in [0.25, 0.3) is 0 Å². The molecule has 0 atom stereocenters. The minimum atomic E-state index is -0.379. The normalized spacial score (nSPS) is 15.4. The highest BCUT2D eigenvalue weighted by atomic mass is 16.6. The summed E-state index contributed by atoms with van der Waals surface area (Å²) >= 11 is 0. The number of piperidine rings is 1. The number of carbonyl (C=O) groups is 3. The van der Waals surface area contributed by atoms with Crippen LogP contribution in [0.2, 0.25) is 0 Å². The maximum absolute atomic E-state index is 13.0. The lowest BCUT2D eigenvalue weighted by Gasteiger charge is -2.32. The molecule has 0 aliphatic carbocycles. The molecule has 49 heavy (non-hydrogen) atoms. The third-order valence-electron chi connectivity index (χ3n) is 9.65. The molecule has 0 spiro atoms. The maximum atomic E-state index is 13.0. The summed E-state index contributed by atoms with van der Waals surface area (Å²) in [6.45, 7) is 4.96. The molecule has 2 aliphatic rings. The van der Waals surface area contributed by atoms with Crippen LogP contribution >= 0.6 is 0 Å². The summed E-state index contributed by atoms with van der Waals surface area (Å²) in [4.78, 5) is 42.1. The molecule has 254 valence electrons. The predicted molar refractivity (Wildman–Crippen MR) is 191 cm³/mol. The van der Waals surface area contributed by atoms with E-state index >= 15 is 0 Å². The average molecular weight is 660 g/mol. The summed E-state index contributed by atoms with van der Waals surface area (Å²) in [5.41, 5.74) is 5.64. The smallest absolute Gasteiger partial charge is 0.408 e. The Bertz CT molecular complexity index is 1640. The first-order valence-electron chi connectivity index (χ1n) is 17.4. The first kappa shape index (κ1) is 34.1. The van der Waals surface area contributed by atoms with Crippen molar-refractivity contribution in [2.24, 2.45) is 0 Å². The Labute approximate surface area is 289 Å². The molecule has 1 N–H and O–H groups in total. The second-order valence-corrected chi connectivity index (χ2v) is 13.9. The van der Waals surface area contributed by atoms with Gasteiger partial charge in [-0.25, -0.2) is 4.79 Å². The van der Waals surface area contributed by atoms with Gasteiger partial charge in [-0.15, -0.1) is 0 Å². The number of benzene rings is 4. The Balaban J connectivity index is 0.908. The lowest BCUT2D eigenvalue weighted by atomic mass is 9.99. The summed E-state index contributed by atoms with van der Waals surface area (Å²) in [6, 6.07) is 35.7. The molecule has 2 aliphatic heterocycles. The fraction of sp³-hybridized carbons (Fsp3) is 0.341. The molecule has 8 nitrogen and oxygen atoms in total. The van der Waals surface area contributed by atoms with E-state index in [4.69, 9.17) is 4.74 Å². The summed E-state index contributed by atoms with van der Waals surface area (Å²) in [7, 11) is 4.46. The van der Waals surface area contributed by atoms with E-state index < -0.39 is 0 Å². The zero-order valence-corrected chi connectivity index (χ0v) is 28.6. The van der Waals surface area contributed by atoms with E-state index in [0.717, 1.165) is 74.0 Å². The zero-order chi connectivity index (χ0) is 34.2. The number of nitrogens with one attached hydrogen (secondary N) is 1. The van der Waals surface area contributed by atoms with Gasteiger partial charge in [-0.3, -0.25) is 19.4 Å². The molecular formula is C41H47N4O4+. The van der Waals surface area contributed by atoms with E-state index in [9.17, 15) is 14.4 Å². The second-order valence-electron chi connectivity index (χ2n) is 13.9. The summed E-state index contributed by atoms with van der Waals surface area (Å²) in [5, 5.41) is 3.10. The summed E-state index contributed by atoms with van der Waals surface area (Å²) < 4.78 is 6.73. The summed E-state index contributed by atoms with van der Waals surface area (Å²) in [6.07, 6.45) is 2.87. The molecule has 0 unspecified atom stereocenters. The Kier molecular flexibility index (Phi) is 10.9. The molecule has 2 heterocycles. The monoisotopic (exact) mass is 659 g/mol. The quantitative estimate of drug-likeness (QED) is 0.0969. The van der Waals surface area contributed by atoms with Crippen LogP contribution < -0.4 is 5.32 Å². The number of quaternary nitrogens is 1. The molecule has 4 aromatic rings. The predicted octanol–water partition coefficient (Wildman–Crippen LogP) is 6.82. The van der Waals surface area contributed by atoms with E-state index in [0.29, 0.717) is 17.7 Å². The highest BCUT2D eigenvalue weighted by Crippen LogP contribution is 2.25. The van der Waals surface area contributed by atoms with Crippen molar-refractivity contribution in [3.8, 4) is 0 Å². The average Bonchev–Trinajstić information content (AvgIpc) is 3.36. The van der Waals surface area contributed by atoms with E-state index in [2.05, 4.69) is 48.6 Å². The first-order chi connectivity index (χ1) is 23.8. The number of imide groups is 1. The van der Waals surface area contributed by atoms with Gasteiger partial charge in [0.2, 0.25) is 0 Å². The van der Waals surface area contributed by atoms with Crippen LogP contribution in [-0.4, -0.2) is 78.6 Å². The number of rotatable bonds is 13. The molecule has 0 aromatic heterocycles. The largest absolute Gasteiger partial charge is 0.446 e. The number of carbonyl (C=O) groups excluding carboxylic acids is 3. The van der Waals surface area contributed by atoms with Crippen molar-refractivity contribution in [3.05, 3.63) is 143 Å². The van der Waals surface area contributed by atoms with E-state index in [-0.39, 0.29) is 30.1 Å². The van der Waals surface area contributed by atoms with Crippen molar-refractivity contribution in [2.45, 2.75) is 50.9 Å². The van der Waals surface area contributed by atoms with Crippen molar-refractivity contribution in [1.29, 1.82) is 0 Å². The number of ether oxygens (including phenoxy) is 1. The van der Waals surface area contributed by atoms with Crippen molar-refractivity contribution in [3.63, 3.8) is 0 Å². The van der Waals surface area contributed by atoms with Gasteiger partial charge in [0.15, 0.2) is 0 Å². The molecular weight excluding hydrogens is 612 g/mol. The number of unbranched alkanes of at least 4 members (excludes halogenated alkanes) is 1. The van der Waals surface area contributed by atoms with Gasteiger partial charge in [-0.2, -0.15) is 0 Å². The molecule has 4 aromatic carbocycles. The molecule has 1 fully saturated rings. The lowest BCUT2D eigenvalue weighted by molar-refractivity contribution is -0.903. The van der Waals surface area contributed by atoms with Gasteiger partial charge in [-0.1, -0.05) is 97.1 Å². The minimum Gasteiger partial charge on any atom is -0.446 e. The Morgan fingerprint density at radius 3 is 1.86 bits per heavy atom. The van der Waals surface area contributed by atoms with Crippen molar-refractivity contribution in [2.75, 3.05) is 40.3 Å². The number of nitrogens with zero attached hydrogens (tertiary/aromatic N) is 3. The fourth-order valence-electron chi connectivity index (χ4n) is 6.97. The van der Waals surface area contributed by atoms with Crippen LogP contribution in [-0.2, 0) is 17.8 Å². The van der Waals surface area contributed by atoms with Crippen molar-refractivity contribution < 1.29 is 23.6 Å². The van der Waals surface area contributed by atoms with Gasteiger partial charge >= 0.3 is 6.09 Å². The van der Waals surface area contributed by atoms with Gasteiger partial charge in [0, 0.05) is 31.7 Å². The highest BCUT2D eigenvalue weighted by Gasteiger charge is 2.34. The fourth-order valence-corrected chi connectivity index (χ4v) is 6.97. The number of alkyl carbamates (subject to hydrolysis) is 1. The van der Waals surface area contributed by atoms with Gasteiger partial charge in [-0.05, 0) is 54.5 Å². The third-order valence-corrected chi connectivity index (χ3v) is 9.65. The Morgan fingerprint density at radius 1 is 0.755 bits per heavy atom. The second kappa shape index (κ2) is 15.6. The Morgan fingerprint density at radius 2 is 1.29 bits per heavy atom. The molecule has 8 heteroatoms. The van der Waals surface area contributed by atoms with Crippen LogP contribution in [0.5, 0.6) is 0 Å². The number of hydrogen-bond donors (Lipinski definition) is 1. The lowest BCUT2D eigenvalue weighted by Crippen LogP contribution is -2.40. The number of likely N-dealkylation sites (tertiary alicyclic amines) is 1. The van der Waals surface area contributed by atoms with Crippen molar-refractivity contribution in [1.82, 2.24) is 15.1 Å². The number of hydrogen-bond acceptors (Lipinski definition) is 5. The van der Waals surface area contributed by atoms with E-state index in [1.807, 2.05) is 60.7 Å². The Hall–Kier alpha value is -4.79. The highest BCUT2D eigenvalue weighted by molar-refractivity contribution is 6.21. The molecule has 0 radical (unpaired) electrons. The van der Waals surface area contributed by atoms with Gasteiger partial charge < -0.3 is 14.5 Å². The van der Waals surface area contributed by atoms with Crippen LogP contribution in [0, 0.1) is 0 Å². The molecule has 1 saturated heterocycles. The molecule has 0 saturated carbocycles. The minimum absolute atomic E-state index is 0.0987. The maximum Gasteiger partial charge on any atom is 0.408 e. The first-order valence-corrected chi connectivity index (χ1v) is 17.4. The van der Waals surface area contributed by atoms with Crippen LogP contribution in [0.15, 0.2) is 109 Å². The van der Waals surface area contributed by atoms with E-state index in [1.165, 1.54) is 16.0 Å².